The number of halogens is 3. The average molecular weight is 516 g/mol. The van der Waals surface area contributed by atoms with Gasteiger partial charge in [-0.15, -0.1) is 0 Å². The van der Waals surface area contributed by atoms with Gasteiger partial charge in [-0.05, 0) is 54.2 Å². The zero-order chi connectivity index (χ0) is 25.9. The topological polar surface area (TPSA) is 71.2 Å². The molecular weight excluding hydrogens is 483 g/mol. The van der Waals surface area contributed by atoms with Gasteiger partial charge in [-0.3, -0.25) is 0 Å². The number of aromatic nitrogens is 1. The summed E-state index contributed by atoms with van der Waals surface area (Å²) in [6.45, 7) is 4.87. The van der Waals surface area contributed by atoms with Crippen LogP contribution in [0.15, 0.2) is 65.8 Å². The van der Waals surface area contributed by atoms with Gasteiger partial charge in [0.25, 0.3) is 0 Å². The molecule has 0 saturated carbocycles. The molecule has 2 aromatic rings. The Morgan fingerprint density at radius 1 is 1.22 bits per heavy atom. The van der Waals surface area contributed by atoms with Crippen LogP contribution in [0.5, 0.6) is 0 Å². The molecule has 1 aromatic heterocycles. The van der Waals surface area contributed by atoms with E-state index in [4.69, 9.17) is 10.7 Å². The van der Waals surface area contributed by atoms with Gasteiger partial charge in [-0.25, -0.2) is 4.98 Å². The smallest absolute Gasteiger partial charge is 0.396 e. The molecule has 1 unspecified atom stereocenters. The Morgan fingerprint density at radius 3 is 2.64 bits per heavy atom. The number of anilines is 1. The molecule has 0 aliphatic heterocycles. The highest BCUT2D eigenvalue weighted by Crippen LogP contribution is 2.45. The number of rotatable bonds is 9. The average Bonchev–Trinajstić information content (AvgIpc) is 3.24. The minimum atomic E-state index is -4.35. The second kappa shape index (κ2) is 10.7. The second-order valence-electron chi connectivity index (χ2n) is 9.60. The van der Waals surface area contributed by atoms with Gasteiger partial charge in [0.1, 0.15) is 0 Å². The van der Waals surface area contributed by atoms with Crippen LogP contribution < -0.4 is 11.1 Å². The van der Waals surface area contributed by atoms with Gasteiger partial charge in [-0.1, -0.05) is 67.2 Å². The SMILES string of the molecule is CCC1=CC2(C)CC=C(c3sc(NC[C@@H](N)Cc4ccc(C(F)(F)F)cc4)nc3CCO)C=C2C=C1. The Hall–Kier alpha value is -2.68. The van der Waals surface area contributed by atoms with Crippen molar-refractivity contribution in [2.45, 2.75) is 51.7 Å². The molecule has 4 rings (SSSR count). The predicted molar refractivity (Wildman–Crippen MR) is 141 cm³/mol. The molecule has 192 valence electrons. The maximum atomic E-state index is 12.8. The van der Waals surface area contributed by atoms with E-state index in [0.29, 0.717) is 19.4 Å². The first-order valence-corrected chi connectivity index (χ1v) is 13.0. The Morgan fingerprint density at radius 2 is 1.97 bits per heavy atom. The molecule has 4 nitrogen and oxygen atoms in total. The Kier molecular flexibility index (Phi) is 7.87. The van der Waals surface area contributed by atoms with Gasteiger partial charge in [0.2, 0.25) is 0 Å². The zero-order valence-corrected chi connectivity index (χ0v) is 21.3. The summed E-state index contributed by atoms with van der Waals surface area (Å²) in [5.41, 5.74) is 10.9. The van der Waals surface area contributed by atoms with Crippen LogP contribution in [0.2, 0.25) is 0 Å². The first kappa shape index (κ1) is 26.4. The molecule has 0 amide bonds. The number of hydrogen-bond acceptors (Lipinski definition) is 5. The number of benzene rings is 1. The van der Waals surface area contributed by atoms with Crippen LogP contribution in [0, 0.1) is 5.41 Å². The van der Waals surface area contributed by atoms with Crippen molar-refractivity contribution < 1.29 is 18.3 Å². The second-order valence-corrected chi connectivity index (χ2v) is 10.6. The Balaban J connectivity index is 1.43. The van der Waals surface area contributed by atoms with E-state index in [-0.39, 0.29) is 18.1 Å². The molecular formula is C28H32F3N3OS. The van der Waals surface area contributed by atoms with Gasteiger partial charge >= 0.3 is 6.18 Å². The van der Waals surface area contributed by atoms with Crippen LogP contribution >= 0.6 is 11.3 Å². The van der Waals surface area contributed by atoms with E-state index in [9.17, 15) is 18.3 Å². The summed E-state index contributed by atoms with van der Waals surface area (Å²) in [6.07, 6.45) is 9.70. The van der Waals surface area contributed by atoms with Crippen LogP contribution in [0.1, 0.15) is 48.4 Å². The number of hydrogen-bond donors (Lipinski definition) is 3. The van der Waals surface area contributed by atoms with E-state index >= 15 is 0 Å². The van der Waals surface area contributed by atoms with Gasteiger partial charge in [-0.2, -0.15) is 13.2 Å². The maximum absolute atomic E-state index is 12.8. The lowest BCUT2D eigenvalue weighted by atomic mass is 9.71. The number of nitrogens with two attached hydrogens (primary N) is 1. The third kappa shape index (κ3) is 5.99. The van der Waals surface area contributed by atoms with Gasteiger partial charge in [0, 0.05) is 31.0 Å². The number of nitrogens with one attached hydrogen (secondary N) is 1. The molecule has 2 aliphatic rings. The van der Waals surface area contributed by atoms with Crippen molar-refractivity contribution in [3.8, 4) is 0 Å². The van der Waals surface area contributed by atoms with Gasteiger partial charge < -0.3 is 16.2 Å². The quantitative estimate of drug-likeness (QED) is 0.366. The molecule has 0 saturated heterocycles. The van der Waals surface area contributed by atoms with Crippen molar-refractivity contribution in [3.05, 3.63) is 87.5 Å². The summed E-state index contributed by atoms with van der Waals surface area (Å²) in [4.78, 5) is 5.74. The highest BCUT2D eigenvalue weighted by molar-refractivity contribution is 7.16. The normalized spacial score (nSPS) is 20.4. The Labute approximate surface area is 214 Å². The van der Waals surface area contributed by atoms with E-state index in [0.717, 1.165) is 51.8 Å². The fraction of sp³-hybridized carbons (Fsp3) is 0.393. The number of aliphatic hydroxyl groups excluding tert-OH is 1. The van der Waals surface area contributed by atoms with Crippen molar-refractivity contribution in [2.75, 3.05) is 18.5 Å². The van der Waals surface area contributed by atoms with Crippen LogP contribution in [0.3, 0.4) is 0 Å². The lowest BCUT2D eigenvalue weighted by Crippen LogP contribution is -2.31. The van der Waals surface area contributed by atoms with Crippen molar-refractivity contribution in [1.29, 1.82) is 0 Å². The van der Waals surface area contributed by atoms with Crippen molar-refractivity contribution in [3.63, 3.8) is 0 Å². The molecule has 0 radical (unpaired) electrons. The number of aliphatic hydroxyl groups is 1. The third-order valence-electron chi connectivity index (χ3n) is 6.71. The third-order valence-corrected chi connectivity index (χ3v) is 7.81. The van der Waals surface area contributed by atoms with Gasteiger partial charge in [0.15, 0.2) is 5.13 Å². The first-order valence-electron chi connectivity index (χ1n) is 12.2. The molecule has 36 heavy (non-hydrogen) atoms. The molecule has 2 atom stereocenters. The van der Waals surface area contributed by atoms with Crippen molar-refractivity contribution in [2.24, 2.45) is 11.1 Å². The molecule has 1 aromatic carbocycles. The summed E-state index contributed by atoms with van der Waals surface area (Å²) in [5, 5.41) is 13.6. The highest BCUT2D eigenvalue weighted by Gasteiger charge is 2.31. The van der Waals surface area contributed by atoms with Crippen LogP contribution in [-0.2, 0) is 19.0 Å². The van der Waals surface area contributed by atoms with E-state index in [2.05, 4.69) is 49.5 Å². The lowest BCUT2D eigenvalue weighted by Gasteiger charge is -2.33. The fourth-order valence-electron chi connectivity index (χ4n) is 4.60. The summed E-state index contributed by atoms with van der Waals surface area (Å²) in [7, 11) is 0. The number of nitrogens with zero attached hydrogens (tertiary/aromatic N) is 1. The lowest BCUT2D eigenvalue weighted by molar-refractivity contribution is -0.137. The zero-order valence-electron chi connectivity index (χ0n) is 20.5. The van der Waals surface area contributed by atoms with E-state index < -0.39 is 11.7 Å². The molecule has 1 heterocycles. The molecule has 4 N–H and O–H groups in total. The number of fused-ring (bicyclic) bond motifs is 1. The van der Waals surface area contributed by atoms with Crippen LogP contribution in [0.4, 0.5) is 18.3 Å². The molecule has 8 heteroatoms. The minimum Gasteiger partial charge on any atom is -0.396 e. The van der Waals surface area contributed by atoms with Crippen LogP contribution in [0.25, 0.3) is 5.57 Å². The Bertz CT molecular complexity index is 1210. The molecule has 0 bridgehead atoms. The summed E-state index contributed by atoms with van der Waals surface area (Å²) in [6, 6.07) is 4.82. The highest BCUT2D eigenvalue weighted by atomic mass is 32.1. The standard InChI is InChI=1S/C28H32F3N3OS/c1-3-18-4-9-22-15-20(10-12-27(22,2)16-18)25-24(11-13-35)34-26(36-25)33-17-23(32)14-19-5-7-21(8-6-19)28(29,30)31/h4-10,15-16,23,35H,3,11-14,17,32H2,1-2H3,(H,33,34)/t23-,27?/m0/s1. The van der Waals surface area contributed by atoms with E-state index in [1.54, 1.807) is 0 Å². The largest absolute Gasteiger partial charge is 0.416 e. The maximum Gasteiger partial charge on any atom is 0.416 e. The minimum absolute atomic E-state index is 0.00240. The fourth-order valence-corrected chi connectivity index (χ4v) is 5.63. The van der Waals surface area contributed by atoms with E-state index in [1.165, 1.54) is 34.6 Å². The number of alkyl halides is 3. The predicted octanol–water partition coefficient (Wildman–Crippen LogP) is 6.30. The van der Waals surface area contributed by atoms with Crippen molar-refractivity contribution in [1.82, 2.24) is 4.98 Å². The van der Waals surface area contributed by atoms with Crippen LogP contribution in [-0.4, -0.2) is 29.3 Å². The van der Waals surface area contributed by atoms with Crippen molar-refractivity contribution >= 4 is 22.0 Å². The summed E-state index contributed by atoms with van der Waals surface area (Å²) >= 11 is 1.54. The monoisotopic (exact) mass is 515 g/mol. The summed E-state index contributed by atoms with van der Waals surface area (Å²) in [5.74, 6) is 0. The number of thiazole rings is 1. The first-order chi connectivity index (χ1) is 17.1. The van der Waals surface area contributed by atoms with Gasteiger partial charge in [0.05, 0.1) is 16.1 Å². The molecule has 0 spiro atoms. The summed E-state index contributed by atoms with van der Waals surface area (Å²) < 4.78 is 38.3. The number of allylic oxidation sites excluding steroid dienone is 8. The molecule has 2 aliphatic carbocycles. The van der Waals surface area contributed by atoms with E-state index in [1.807, 2.05) is 0 Å². The molecule has 0 fully saturated rings.